The summed E-state index contributed by atoms with van der Waals surface area (Å²) in [5.41, 5.74) is 5.93. The molecule has 0 radical (unpaired) electrons. The predicted octanol–water partition coefficient (Wildman–Crippen LogP) is 7.09. The van der Waals surface area contributed by atoms with Gasteiger partial charge in [0.1, 0.15) is 29.0 Å². The molecule has 0 fully saturated rings. The van der Waals surface area contributed by atoms with Crippen molar-refractivity contribution in [3.05, 3.63) is 173 Å². The minimum atomic E-state index is -1.10. The molecule has 2 aliphatic rings. The van der Waals surface area contributed by atoms with Crippen LogP contribution >= 0.6 is 0 Å². The van der Waals surface area contributed by atoms with Gasteiger partial charge in [0.2, 0.25) is 0 Å². The maximum absolute atomic E-state index is 15.6. The normalized spacial score (nSPS) is 13.5. The summed E-state index contributed by atoms with van der Waals surface area (Å²) in [5.74, 6) is -0.930. The highest BCUT2D eigenvalue weighted by Gasteiger charge is 2.52. The molecule has 0 saturated carbocycles. The van der Waals surface area contributed by atoms with Crippen molar-refractivity contribution in [2.45, 2.75) is 5.41 Å². The Morgan fingerprint density at radius 2 is 0.952 bits per heavy atom. The van der Waals surface area contributed by atoms with E-state index in [4.69, 9.17) is 4.74 Å². The molecule has 0 amide bonds. The Morgan fingerprint density at radius 3 is 1.64 bits per heavy atom. The summed E-state index contributed by atoms with van der Waals surface area (Å²) in [5, 5.41) is 0. The number of benzene rings is 6. The Hall–Kier alpha value is -5.03. The van der Waals surface area contributed by atoms with Gasteiger partial charge in [0, 0.05) is 16.6 Å². The van der Waals surface area contributed by atoms with Gasteiger partial charge < -0.3 is 4.74 Å². The number of hydrogen-bond donors (Lipinski definition) is 0. The molecule has 0 saturated heterocycles. The van der Waals surface area contributed by atoms with Gasteiger partial charge in [-0.3, -0.25) is 0 Å². The molecule has 0 atom stereocenters. The van der Waals surface area contributed by atoms with E-state index in [2.05, 4.69) is 30.3 Å². The Bertz CT molecular complexity index is 1970. The first-order valence-electron chi connectivity index (χ1n) is 13.9. The number of hydrogen-bond acceptors (Lipinski definition) is 1. The van der Waals surface area contributed by atoms with Crippen LogP contribution in [0.1, 0.15) is 22.3 Å². The molecule has 1 nitrogen and oxygen atoms in total. The number of rotatable bonds is 3. The molecular formula is C37H22BF3O. The van der Waals surface area contributed by atoms with E-state index in [1.807, 2.05) is 54.6 Å². The lowest BCUT2D eigenvalue weighted by atomic mass is 9.36. The SMILES string of the molecule is Fc1ccccc1B(c1cccc2c1Oc1ccccc1C21c2ccccc2-c2ccccc21)c1c(F)cccc1F. The van der Waals surface area contributed by atoms with Crippen molar-refractivity contribution in [2.75, 3.05) is 0 Å². The molecule has 0 N–H and O–H groups in total. The van der Waals surface area contributed by atoms with Crippen molar-refractivity contribution in [2.24, 2.45) is 0 Å². The number of fused-ring (bicyclic) bond motifs is 9. The van der Waals surface area contributed by atoms with Gasteiger partial charge in [-0.2, -0.15) is 0 Å². The van der Waals surface area contributed by atoms with Gasteiger partial charge >= 0.3 is 0 Å². The molecule has 1 aliphatic carbocycles. The largest absolute Gasteiger partial charge is 0.457 e. The minimum absolute atomic E-state index is 0.165. The van der Waals surface area contributed by atoms with Gasteiger partial charge in [0.05, 0.1) is 5.41 Å². The van der Waals surface area contributed by atoms with Gasteiger partial charge in [-0.15, -0.1) is 0 Å². The number of ether oxygens (including phenoxy) is 1. The Kier molecular flexibility index (Phi) is 5.45. The second kappa shape index (κ2) is 9.25. The van der Waals surface area contributed by atoms with E-state index in [0.717, 1.165) is 33.4 Å². The fourth-order valence-corrected chi connectivity index (χ4v) is 7.10. The van der Waals surface area contributed by atoms with Crippen LogP contribution in [0.5, 0.6) is 11.5 Å². The topological polar surface area (TPSA) is 9.23 Å². The molecule has 1 aliphatic heterocycles. The van der Waals surface area contributed by atoms with Crippen LogP contribution < -0.4 is 21.1 Å². The van der Waals surface area contributed by atoms with Crippen molar-refractivity contribution in [1.29, 1.82) is 0 Å². The molecule has 42 heavy (non-hydrogen) atoms. The van der Waals surface area contributed by atoms with Gasteiger partial charge in [-0.05, 0) is 57.4 Å². The molecular weight excluding hydrogens is 528 g/mol. The lowest BCUT2D eigenvalue weighted by Gasteiger charge is -2.40. The van der Waals surface area contributed by atoms with Crippen LogP contribution in [-0.2, 0) is 5.41 Å². The van der Waals surface area contributed by atoms with Crippen LogP contribution in [0.25, 0.3) is 11.1 Å². The average molecular weight is 550 g/mol. The summed E-state index contributed by atoms with van der Waals surface area (Å²) < 4.78 is 53.4. The second-order valence-electron chi connectivity index (χ2n) is 10.8. The monoisotopic (exact) mass is 550 g/mol. The summed E-state index contributed by atoms with van der Waals surface area (Å²) in [6, 6.07) is 40.1. The fraction of sp³-hybridized carbons (Fsp3) is 0.0270. The Labute approximate surface area is 242 Å². The molecule has 0 aromatic heterocycles. The molecule has 8 rings (SSSR count). The van der Waals surface area contributed by atoms with E-state index in [0.29, 0.717) is 17.0 Å². The third-order valence-electron chi connectivity index (χ3n) is 8.72. The maximum Gasteiger partial charge on any atom is 0.257 e. The second-order valence-corrected chi connectivity index (χ2v) is 10.8. The minimum Gasteiger partial charge on any atom is -0.457 e. The lowest BCUT2D eigenvalue weighted by molar-refractivity contribution is 0.440. The summed E-state index contributed by atoms with van der Waals surface area (Å²) in [4.78, 5) is 0. The zero-order valence-electron chi connectivity index (χ0n) is 22.3. The van der Waals surface area contributed by atoms with Gasteiger partial charge in [0.15, 0.2) is 0 Å². The average Bonchev–Trinajstić information content (AvgIpc) is 3.31. The summed E-state index contributed by atoms with van der Waals surface area (Å²) in [7, 11) is 0. The quantitative estimate of drug-likeness (QED) is 0.214. The van der Waals surface area contributed by atoms with Crippen LogP contribution in [0, 0.1) is 17.5 Å². The van der Waals surface area contributed by atoms with E-state index in [1.165, 1.54) is 24.3 Å². The van der Waals surface area contributed by atoms with Gasteiger partial charge in [-0.25, -0.2) is 13.2 Å². The van der Waals surface area contributed by atoms with Gasteiger partial charge in [-0.1, -0.05) is 109 Å². The van der Waals surface area contributed by atoms with Gasteiger partial charge in [0.25, 0.3) is 6.71 Å². The van der Waals surface area contributed by atoms with Crippen molar-refractivity contribution in [3.8, 4) is 22.6 Å². The van der Waals surface area contributed by atoms with Crippen molar-refractivity contribution < 1.29 is 17.9 Å². The van der Waals surface area contributed by atoms with E-state index < -0.39 is 29.6 Å². The van der Waals surface area contributed by atoms with Crippen LogP contribution in [0.15, 0.2) is 133 Å². The molecule has 5 heteroatoms. The first kappa shape index (κ1) is 24.7. The Balaban J connectivity index is 1.51. The molecule has 6 aromatic carbocycles. The fourth-order valence-electron chi connectivity index (χ4n) is 7.10. The molecule has 200 valence electrons. The highest BCUT2D eigenvalue weighted by atomic mass is 19.1. The van der Waals surface area contributed by atoms with Crippen LogP contribution in [-0.4, -0.2) is 6.71 Å². The third-order valence-corrected chi connectivity index (χ3v) is 8.72. The molecule has 0 bridgehead atoms. The smallest absolute Gasteiger partial charge is 0.257 e. The molecule has 6 aromatic rings. The first-order valence-corrected chi connectivity index (χ1v) is 13.9. The summed E-state index contributed by atoms with van der Waals surface area (Å²) >= 11 is 0. The van der Waals surface area contributed by atoms with Crippen LogP contribution in [0.4, 0.5) is 13.2 Å². The molecule has 1 spiro atoms. The number of halogens is 3. The maximum atomic E-state index is 15.6. The highest BCUT2D eigenvalue weighted by Crippen LogP contribution is 2.61. The van der Waals surface area contributed by atoms with E-state index in [9.17, 15) is 0 Å². The highest BCUT2D eigenvalue weighted by molar-refractivity contribution is 6.96. The first-order chi connectivity index (χ1) is 20.6. The van der Waals surface area contributed by atoms with Crippen LogP contribution in [0.3, 0.4) is 0 Å². The van der Waals surface area contributed by atoms with Crippen molar-refractivity contribution in [3.63, 3.8) is 0 Å². The zero-order valence-corrected chi connectivity index (χ0v) is 22.3. The number of para-hydroxylation sites is 2. The van der Waals surface area contributed by atoms with Crippen molar-refractivity contribution in [1.82, 2.24) is 0 Å². The van der Waals surface area contributed by atoms with E-state index in [-0.39, 0.29) is 10.9 Å². The molecule has 1 heterocycles. The summed E-state index contributed by atoms with van der Waals surface area (Å²) in [6.45, 7) is -1.10. The third kappa shape index (κ3) is 3.28. The van der Waals surface area contributed by atoms with Crippen molar-refractivity contribution >= 4 is 23.1 Å². The zero-order chi connectivity index (χ0) is 28.4. The summed E-state index contributed by atoms with van der Waals surface area (Å²) in [6.07, 6.45) is 0. The predicted molar refractivity (Wildman–Crippen MR) is 161 cm³/mol. The Morgan fingerprint density at radius 1 is 0.452 bits per heavy atom. The molecule has 0 unspecified atom stereocenters. The van der Waals surface area contributed by atoms with Crippen LogP contribution in [0.2, 0.25) is 0 Å². The van der Waals surface area contributed by atoms with E-state index in [1.54, 1.807) is 24.3 Å². The lowest BCUT2D eigenvalue weighted by Crippen LogP contribution is -2.56. The standard InChI is InChI=1S/C37H22BF3O/c39-31-19-7-6-17-29(31)38(35-32(40)20-10-21-33(35)41)30-18-9-16-28-36(30)42-34-22-8-5-15-27(34)37(28)25-13-3-1-11-23(25)24-12-2-4-14-26(24)37/h1-22H. The van der Waals surface area contributed by atoms with E-state index >= 15 is 13.2 Å².